The summed E-state index contributed by atoms with van der Waals surface area (Å²) < 4.78 is 10.5. The van der Waals surface area contributed by atoms with Crippen LogP contribution < -0.4 is 20.1 Å². The number of methoxy groups -OCH3 is 2. The average Bonchev–Trinajstić information content (AvgIpc) is 2.57. The Bertz CT molecular complexity index is 562. The van der Waals surface area contributed by atoms with Crippen molar-refractivity contribution in [1.82, 2.24) is 10.6 Å². The van der Waals surface area contributed by atoms with Crippen LogP contribution in [0.15, 0.2) is 18.2 Å². The van der Waals surface area contributed by atoms with E-state index in [0.29, 0.717) is 17.9 Å². The Labute approximate surface area is 142 Å². The summed E-state index contributed by atoms with van der Waals surface area (Å²) in [4.78, 5) is 23.1. The molecule has 0 fully saturated rings. The van der Waals surface area contributed by atoms with Gasteiger partial charge in [0.2, 0.25) is 5.91 Å². The Morgan fingerprint density at radius 3 is 2.50 bits per heavy atom. The molecule has 0 bridgehead atoms. The van der Waals surface area contributed by atoms with Crippen LogP contribution in [-0.2, 0) is 9.59 Å². The number of benzene rings is 1. The van der Waals surface area contributed by atoms with Crippen molar-refractivity contribution in [1.29, 1.82) is 0 Å². The van der Waals surface area contributed by atoms with Crippen LogP contribution in [0.1, 0.15) is 38.3 Å². The first kappa shape index (κ1) is 19.8. The molecule has 134 valence electrons. The Morgan fingerprint density at radius 2 is 1.96 bits per heavy atom. The molecule has 0 aliphatic carbocycles. The molecule has 0 aromatic heterocycles. The lowest BCUT2D eigenvalue weighted by Gasteiger charge is -2.19. The standard InChI is InChI=1S/C17H26N2O5/c1-5-6-14(17(21)22)18-10-16(20)19-11(2)13-9-12(23-3)7-8-15(13)24-4/h7-9,11,14,18H,5-6,10H2,1-4H3,(H,19,20)(H,21,22). The van der Waals surface area contributed by atoms with E-state index in [1.54, 1.807) is 32.4 Å². The minimum absolute atomic E-state index is 0.0619. The first-order valence-electron chi connectivity index (χ1n) is 7.90. The molecule has 0 aliphatic rings. The number of carboxylic acids is 1. The van der Waals surface area contributed by atoms with Crippen LogP contribution >= 0.6 is 0 Å². The third-order valence-electron chi connectivity index (χ3n) is 3.67. The molecule has 7 nitrogen and oxygen atoms in total. The first-order valence-corrected chi connectivity index (χ1v) is 7.90. The van der Waals surface area contributed by atoms with Gasteiger partial charge in [-0.1, -0.05) is 13.3 Å². The summed E-state index contributed by atoms with van der Waals surface area (Å²) in [6.45, 7) is 3.67. The number of ether oxygens (including phenoxy) is 2. The summed E-state index contributed by atoms with van der Waals surface area (Å²) in [5.74, 6) is 0.0757. The maximum absolute atomic E-state index is 12.1. The lowest BCUT2D eigenvalue weighted by molar-refractivity contribution is -0.139. The number of nitrogens with one attached hydrogen (secondary N) is 2. The number of carbonyl (C=O) groups is 2. The summed E-state index contributed by atoms with van der Waals surface area (Å²) in [6.07, 6.45) is 1.20. The van der Waals surface area contributed by atoms with Gasteiger partial charge in [-0.2, -0.15) is 0 Å². The van der Waals surface area contributed by atoms with Crippen LogP contribution in [-0.4, -0.2) is 43.8 Å². The summed E-state index contributed by atoms with van der Waals surface area (Å²) in [7, 11) is 3.13. The Kier molecular flexibility index (Phi) is 8.05. The third-order valence-corrected chi connectivity index (χ3v) is 3.67. The number of amides is 1. The quantitative estimate of drug-likeness (QED) is 0.601. The number of rotatable bonds is 10. The van der Waals surface area contributed by atoms with E-state index < -0.39 is 12.0 Å². The van der Waals surface area contributed by atoms with Gasteiger partial charge in [-0.15, -0.1) is 0 Å². The zero-order chi connectivity index (χ0) is 18.1. The van der Waals surface area contributed by atoms with Gasteiger partial charge < -0.3 is 19.9 Å². The fourth-order valence-electron chi connectivity index (χ4n) is 2.37. The third kappa shape index (κ3) is 5.73. The van der Waals surface area contributed by atoms with Gasteiger partial charge in [0.05, 0.1) is 26.8 Å². The topological polar surface area (TPSA) is 96.9 Å². The second kappa shape index (κ2) is 9.77. The zero-order valence-electron chi connectivity index (χ0n) is 14.6. The number of carbonyl (C=O) groups excluding carboxylic acids is 1. The molecule has 0 heterocycles. The normalized spacial score (nSPS) is 13.0. The van der Waals surface area contributed by atoms with E-state index in [1.165, 1.54) is 0 Å². The van der Waals surface area contributed by atoms with E-state index in [4.69, 9.17) is 14.6 Å². The SMILES string of the molecule is CCCC(NCC(=O)NC(C)c1cc(OC)ccc1OC)C(=O)O. The van der Waals surface area contributed by atoms with Crippen LogP contribution in [0.3, 0.4) is 0 Å². The molecule has 0 saturated carbocycles. The van der Waals surface area contributed by atoms with Gasteiger partial charge in [-0.05, 0) is 31.5 Å². The maximum Gasteiger partial charge on any atom is 0.320 e. The van der Waals surface area contributed by atoms with Gasteiger partial charge in [-0.25, -0.2) is 0 Å². The van der Waals surface area contributed by atoms with E-state index in [1.807, 2.05) is 13.8 Å². The summed E-state index contributed by atoms with van der Waals surface area (Å²) in [5, 5.41) is 14.7. The molecule has 24 heavy (non-hydrogen) atoms. The number of carboxylic acid groups (broad SMARTS) is 1. The molecule has 0 spiro atoms. The van der Waals surface area contributed by atoms with E-state index >= 15 is 0 Å². The molecule has 1 aromatic carbocycles. The van der Waals surface area contributed by atoms with E-state index in [-0.39, 0.29) is 18.5 Å². The van der Waals surface area contributed by atoms with Gasteiger partial charge >= 0.3 is 5.97 Å². The second-order valence-electron chi connectivity index (χ2n) is 5.46. The molecule has 2 unspecified atom stereocenters. The minimum Gasteiger partial charge on any atom is -0.497 e. The van der Waals surface area contributed by atoms with Crippen molar-refractivity contribution in [2.45, 2.75) is 38.8 Å². The van der Waals surface area contributed by atoms with Crippen LogP contribution in [0.25, 0.3) is 0 Å². The van der Waals surface area contributed by atoms with Crippen LogP contribution in [0, 0.1) is 0 Å². The highest BCUT2D eigenvalue weighted by atomic mass is 16.5. The zero-order valence-corrected chi connectivity index (χ0v) is 14.6. The molecule has 2 atom stereocenters. The fourth-order valence-corrected chi connectivity index (χ4v) is 2.37. The molecule has 0 aliphatic heterocycles. The smallest absolute Gasteiger partial charge is 0.320 e. The maximum atomic E-state index is 12.1. The number of aliphatic carboxylic acids is 1. The predicted molar refractivity (Wildman–Crippen MR) is 90.4 cm³/mol. The Balaban J connectivity index is 2.68. The molecule has 0 saturated heterocycles. The summed E-state index contributed by atoms with van der Waals surface area (Å²) >= 11 is 0. The lowest BCUT2D eigenvalue weighted by Crippen LogP contribution is -2.43. The average molecular weight is 338 g/mol. The Hall–Kier alpha value is -2.28. The first-order chi connectivity index (χ1) is 11.4. The molecular weight excluding hydrogens is 312 g/mol. The second-order valence-corrected chi connectivity index (χ2v) is 5.46. The molecule has 1 amide bonds. The van der Waals surface area contributed by atoms with Crippen molar-refractivity contribution >= 4 is 11.9 Å². The highest BCUT2D eigenvalue weighted by Gasteiger charge is 2.19. The van der Waals surface area contributed by atoms with Gasteiger partial charge in [0.25, 0.3) is 0 Å². The van der Waals surface area contributed by atoms with E-state index in [2.05, 4.69) is 10.6 Å². The number of hydrogen-bond acceptors (Lipinski definition) is 5. The molecule has 7 heteroatoms. The van der Waals surface area contributed by atoms with Crippen molar-refractivity contribution < 1.29 is 24.2 Å². The van der Waals surface area contributed by atoms with Crippen LogP contribution in [0.5, 0.6) is 11.5 Å². The summed E-state index contributed by atoms with van der Waals surface area (Å²) in [6, 6.07) is 4.33. The molecule has 1 aromatic rings. The molecule has 3 N–H and O–H groups in total. The van der Waals surface area contributed by atoms with Gasteiger partial charge in [-0.3, -0.25) is 14.9 Å². The van der Waals surface area contributed by atoms with E-state index in [0.717, 1.165) is 12.0 Å². The van der Waals surface area contributed by atoms with Crippen molar-refractivity contribution in [2.24, 2.45) is 0 Å². The van der Waals surface area contributed by atoms with Crippen molar-refractivity contribution in [3.05, 3.63) is 23.8 Å². The van der Waals surface area contributed by atoms with Gasteiger partial charge in [0.15, 0.2) is 0 Å². The van der Waals surface area contributed by atoms with Crippen molar-refractivity contribution in [2.75, 3.05) is 20.8 Å². The monoisotopic (exact) mass is 338 g/mol. The molecular formula is C17H26N2O5. The molecule has 0 radical (unpaired) electrons. The van der Waals surface area contributed by atoms with Gasteiger partial charge in [0, 0.05) is 5.56 Å². The highest BCUT2D eigenvalue weighted by Crippen LogP contribution is 2.29. The van der Waals surface area contributed by atoms with Crippen LogP contribution in [0.4, 0.5) is 0 Å². The van der Waals surface area contributed by atoms with Gasteiger partial charge in [0.1, 0.15) is 17.5 Å². The highest BCUT2D eigenvalue weighted by molar-refractivity contribution is 5.80. The fraction of sp³-hybridized carbons (Fsp3) is 0.529. The van der Waals surface area contributed by atoms with E-state index in [9.17, 15) is 9.59 Å². The number of hydrogen-bond donors (Lipinski definition) is 3. The molecule has 1 rings (SSSR count). The lowest BCUT2D eigenvalue weighted by atomic mass is 10.1. The van der Waals surface area contributed by atoms with Crippen molar-refractivity contribution in [3.8, 4) is 11.5 Å². The summed E-state index contributed by atoms with van der Waals surface area (Å²) in [5.41, 5.74) is 0.786. The predicted octanol–water partition coefficient (Wildman–Crippen LogP) is 1.72. The van der Waals surface area contributed by atoms with Crippen molar-refractivity contribution in [3.63, 3.8) is 0 Å². The largest absolute Gasteiger partial charge is 0.497 e. The Morgan fingerprint density at radius 1 is 1.25 bits per heavy atom. The minimum atomic E-state index is -0.952. The van der Waals surface area contributed by atoms with Crippen LogP contribution in [0.2, 0.25) is 0 Å².